The van der Waals surface area contributed by atoms with Crippen molar-refractivity contribution in [1.29, 1.82) is 0 Å². The Labute approximate surface area is 367 Å². The topological polar surface area (TPSA) is 43.9 Å². The van der Waals surface area contributed by atoms with Gasteiger partial charge in [0, 0.05) is 37.0 Å². The molecule has 61 heavy (non-hydrogen) atoms. The van der Waals surface area contributed by atoms with Crippen molar-refractivity contribution >= 4 is 33.0 Å². The Kier molecular flexibility index (Phi) is 11.9. The third-order valence-electron chi connectivity index (χ3n) is 10.8. The Morgan fingerprint density at radius 3 is 1.93 bits per heavy atom. The van der Waals surface area contributed by atoms with Crippen LogP contribution in [0.5, 0.6) is 0 Å². The summed E-state index contributed by atoms with van der Waals surface area (Å²) in [6, 6.07) is 57.7. The fraction of sp³-hybridized carbons (Fsp3) is 0.111. The van der Waals surface area contributed by atoms with Crippen LogP contribution in [0, 0.1) is 23.8 Å². The van der Waals surface area contributed by atoms with Gasteiger partial charge in [-0.15, -0.1) is 48.0 Å². The van der Waals surface area contributed by atoms with E-state index in [0.717, 1.165) is 44.5 Å². The van der Waals surface area contributed by atoms with Gasteiger partial charge >= 0.3 is 0 Å². The van der Waals surface area contributed by atoms with Crippen molar-refractivity contribution in [2.24, 2.45) is 0 Å². The van der Waals surface area contributed by atoms with Gasteiger partial charge in [0.1, 0.15) is 11.4 Å². The van der Waals surface area contributed by atoms with E-state index >= 15 is 4.39 Å². The van der Waals surface area contributed by atoms with Crippen LogP contribution in [0.4, 0.5) is 8.78 Å². The number of fused-ring (bicyclic) bond motifs is 4. The minimum absolute atomic E-state index is 0. The summed E-state index contributed by atoms with van der Waals surface area (Å²) in [7, 11) is 0. The summed E-state index contributed by atoms with van der Waals surface area (Å²) < 4.78 is 37.1. The fourth-order valence-electron chi connectivity index (χ4n) is 7.88. The number of benzene rings is 7. The van der Waals surface area contributed by atoms with Crippen LogP contribution in [0.2, 0.25) is 0 Å². The predicted octanol–water partition coefficient (Wildman–Crippen LogP) is 14.8. The number of aromatic nitrogens is 3. The Balaban J connectivity index is 0.000000313. The first-order valence-electron chi connectivity index (χ1n) is 20.2. The van der Waals surface area contributed by atoms with Gasteiger partial charge in [0.25, 0.3) is 0 Å². The van der Waals surface area contributed by atoms with Crippen LogP contribution in [0.1, 0.15) is 50.7 Å². The van der Waals surface area contributed by atoms with Crippen molar-refractivity contribution in [2.75, 3.05) is 0 Å². The standard InChI is InChI=1S/C43H34FN2O.C11H7FN.Ir/c1-26(2)34-23-31(29-15-9-6-10-16-29)24-35(27(3)4)41(34)46-38-18-12-11-17-37(38)45-43(46)33-21-22-36(44)40-32-20-19-30(25-39(32)47-42(33)40)28-13-7-5-8-14-28;12-10-6-7-11(13-8-10)9-4-2-1-3-5-9;/h5-20,22-27H,1-4H3;1-4,6-8H;/q2*-1;. The van der Waals surface area contributed by atoms with Crippen molar-refractivity contribution in [2.45, 2.75) is 39.5 Å². The van der Waals surface area contributed by atoms with Crippen LogP contribution in [-0.2, 0) is 20.1 Å². The Hall–Kier alpha value is -6.53. The quantitative estimate of drug-likeness (QED) is 0.150. The molecule has 0 N–H and O–H groups in total. The zero-order valence-electron chi connectivity index (χ0n) is 34.1. The molecule has 7 aromatic carbocycles. The van der Waals surface area contributed by atoms with E-state index < -0.39 is 0 Å². The Bertz CT molecular complexity index is 3080. The van der Waals surface area contributed by atoms with Crippen LogP contribution in [0.15, 0.2) is 168 Å². The molecule has 4 nitrogen and oxygen atoms in total. The first kappa shape index (κ1) is 41.2. The molecule has 0 unspecified atom stereocenters. The fourth-order valence-corrected chi connectivity index (χ4v) is 7.88. The number of pyridine rings is 1. The Morgan fingerprint density at radius 1 is 0.639 bits per heavy atom. The molecule has 0 aliphatic carbocycles. The molecule has 0 amide bonds. The molecule has 3 aromatic heterocycles. The van der Waals surface area contributed by atoms with Gasteiger partial charge < -0.3 is 14.0 Å². The van der Waals surface area contributed by atoms with Crippen LogP contribution in [0.3, 0.4) is 0 Å². The molecule has 0 saturated carbocycles. The normalized spacial score (nSPS) is 11.3. The summed E-state index contributed by atoms with van der Waals surface area (Å²) in [6.07, 6.45) is 1.20. The number of rotatable bonds is 7. The molecule has 7 heteroatoms. The smallest absolute Gasteiger partial charge is 0.139 e. The maximum Gasteiger partial charge on any atom is 0.139 e. The third kappa shape index (κ3) is 8.07. The molecule has 0 aliphatic rings. The number of hydrogen-bond donors (Lipinski definition) is 0. The molecular formula is C54H41F2IrN3O-2. The molecule has 0 bridgehead atoms. The number of para-hydroxylation sites is 2. The predicted molar refractivity (Wildman–Crippen MR) is 240 cm³/mol. The molecule has 0 aliphatic heterocycles. The van der Waals surface area contributed by atoms with Crippen molar-refractivity contribution in [1.82, 2.24) is 14.5 Å². The first-order chi connectivity index (χ1) is 29.2. The molecular weight excluding hydrogens is 937 g/mol. The van der Waals surface area contributed by atoms with Gasteiger partial charge in [0.05, 0.1) is 28.6 Å². The summed E-state index contributed by atoms with van der Waals surface area (Å²) in [5.74, 6) is 0.435. The number of nitrogens with zero attached hydrogens (tertiary/aromatic N) is 3. The first-order valence-corrected chi connectivity index (χ1v) is 20.2. The van der Waals surface area contributed by atoms with Crippen molar-refractivity contribution < 1.29 is 33.3 Å². The molecule has 10 aromatic rings. The van der Waals surface area contributed by atoms with E-state index in [1.807, 2.05) is 72.8 Å². The van der Waals surface area contributed by atoms with Gasteiger partial charge in [-0.05, 0) is 92.7 Å². The van der Waals surface area contributed by atoms with E-state index in [0.29, 0.717) is 27.9 Å². The monoisotopic (exact) mass is 978 g/mol. The zero-order valence-corrected chi connectivity index (χ0v) is 36.5. The van der Waals surface area contributed by atoms with Crippen molar-refractivity contribution in [3.8, 4) is 50.6 Å². The van der Waals surface area contributed by atoms with Gasteiger partial charge in [0.2, 0.25) is 0 Å². The second kappa shape index (κ2) is 17.6. The molecule has 3 heterocycles. The summed E-state index contributed by atoms with van der Waals surface area (Å²) in [4.78, 5) is 9.15. The maximum absolute atomic E-state index is 15.7. The van der Waals surface area contributed by atoms with E-state index in [-0.39, 0.29) is 43.6 Å². The zero-order chi connectivity index (χ0) is 41.3. The average Bonchev–Trinajstić information content (AvgIpc) is 3.87. The van der Waals surface area contributed by atoms with Crippen LogP contribution >= 0.6 is 0 Å². The average molecular weight is 978 g/mol. The van der Waals surface area contributed by atoms with Crippen molar-refractivity contribution in [3.05, 3.63) is 199 Å². The summed E-state index contributed by atoms with van der Waals surface area (Å²) in [5, 5.41) is 1.17. The minimum atomic E-state index is -0.365. The second-order valence-corrected chi connectivity index (χ2v) is 15.5. The summed E-state index contributed by atoms with van der Waals surface area (Å²) >= 11 is 0. The van der Waals surface area contributed by atoms with E-state index in [1.54, 1.807) is 12.1 Å². The van der Waals surface area contributed by atoms with Gasteiger partial charge in [-0.1, -0.05) is 124 Å². The van der Waals surface area contributed by atoms with E-state index in [9.17, 15) is 4.39 Å². The number of furan rings is 1. The minimum Gasteiger partial charge on any atom is -0.500 e. The van der Waals surface area contributed by atoms with Gasteiger partial charge in [0.15, 0.2) is 0 Å². The molecule has 0 saturated heterocycles. The van der Waals surface area contributed by atoms with Crippen LogP contribution in [-0.4, -0.2) is 14.5 Å². The van der Waals surface area contributed by atoms with Gasteiger partial charge in [-0.2, -0.15) is 0 Å². The number of halogens is 2. The largest absolute Gasteiger partial charge is 0.500 e. The Morgan fingerprint density at radius 2 is 1.30 bits per heavy atom. The van der Waals surface area contributed by atoms with Crippen molar-refractivity contribution in [3.63, 3.8) is 0 Å². The third-order valence-corrected chi connectivity index (χ3v) is 10.8. The SMILES string of the molecule is CC(C)c1cc(-c2ccccc2)cc(C(C)C)c1-n1c(-c2[c-]cc(F)c3c2oc2cc(-c4ccccc4)ccc23)nc2ccccc21.Fc1ccc(-c2[c-]cccc2)nc1.[Ir]. The van der Waals surface area contributed by atoms with Gasteiger partial charge in [-0.25, -0.2) is 4.39 Å². The van der Waals surface area contributed by atoms with E-state index in [1.165, 1.54) is 40.6 Å². The molecule has 303 valence electrons. The maximum atomic E-state index is 15.7. The molecule has 0 fully saturated rings. The van der Waals surface area contributed by atoms with Gasteiger partial charge in [-0.3, -0.25) is 9.37 Å². The molecule has 10 rings (SSSR count). The van der Waals surface area contributed by atoms with Crippen LogP contribution in [0.25, 0.3) is 83.6 Å². The summed E-state index contributed by atoms with van der Waals surface area (Å²) in [6.45, 7) is 8.95. The summed E-state index contributed by atoms with van der Waals surface area (Å²) in [5.41, 5.74) is 13.1. The second-order valence-electron chi connectivity index (χ2n) is 15.5. The number of imidazole rings is 1. The number of hydrogen-bond acceptors (Lipinski definition) is 3. The van der Waals surface area contributed by atoms with Crippen LogP contribution < -0.4 is 0 Å². The molecule has 0 spiro atoms. The van der Waals surface area contributed by atoms with E-state index in [2.05, 4.69) is 110 Å². The molecule has 1 radical (unpaired) electrons. The van der Waals surface area contributed by atoms with E-state index in [4.69, 9.17) is 9.40 Å². The molecule has 0 atom stereocenters.